The number of nitrogens with one attached hydrogen (secondary N) is 1. The van der Waals surface area contributed by atoms with Gasteiger partial charge in [0.2, 0.25) is 0 Å². The van der Waals surface area contributed by atoms with E-state index >= 15 is 0 Å². The van der Waals surface area contributed by atoms with E-state index in [9.17, 15) is 13.2 Å². The quantitative estimate of drug-likeness (QED) is 0.735. The Morgan fingerprint density at radius 1 is 1.04 bits per heavy atom. The lowest BCUT2D eigenvalue weighted by Gasteiger charge is -2.33. The minimum atomic E-state index is -3.60. The fourth-order valence-electron chi connectivity index (χ4n) is 3.65. The van der Waals surface area contributed by atoms with Crippen molar-refractivity contribution in [2.45, 2.75) is 32.9 Å². The van der Waals surface area contributed by atoms with Crippen LogP contribution in [0.2, 0.25) is 0 Å². The van der Waals surface area contributed by atoms with Gasteiger partial charge in [-0.3, -0.25) is 4.90 Å². The molecule has 0 aromatic heterocycles. The summed E-state index contributed by atoms with van der Waals surface area (Å²) in [7, 11) is -3.60. The van der Waals surface area contributed by atoms with Crippen LogP contribution in [-0.2, 0) is 28.0 Å². The lowest BCUT2D eigenvalue weighted by Crippen LogP contribution is -2.53. The summed E-state index contributed by atoms with van der Waals surface area (Å²) < 4.78 is 34.5. The molecular formula is C19H30N4O4S. The molecule has 2 fully saturated rings. The maximum Gasteiger partial charge on any atom is 0.409 e. The van der Waals surface area contributed by atoms with Crippen molar-refractivity contribution in [3.05, 3.63) is 35.4 Å². The summed E-state index contributed by atoms with van der Waals surface area (Å²) in [5.41, 5.74) is 2.17. The van der Waals surface area contributed by atoms with Crippen LogP contribution in [0.4, 0.5) is 4.79 Å². The number of benzene rings is 1. The molecule has 0 aliphatic carbocycles. The van der Waals surface area contributed by atoms with E-state index in [4.69, 9.17) is 4.74 Å². The standard InChI is InChI=1S/C19H30N4O4S/c1-2-27-19(24)22-11-13-23(14-12-22)28(25,26)20-15-17-7-3-4-8-18(17)16-21-9-5-6-10-21/h3-4,7-8,20H,2,5-6,9-16H2,1H3. The number of hydrogen-bond donors (Lipinski definition) is 1. The Hall–Kier alpha value is -1.68. The second kappa shape index (κ2) is 9.69. The summed E-state index contributed by atoms with van der Waals surface area (Å²) in [5, 5.41) is 0. The van der Waals surface area contributed by atoms with Gasteiger partial charge in [-0.05, 0) is 44.0 Å². The molecule has 0 radical (unpaired) electrons. The molecule has 0 bridgehead atoms. The molecule has 156 valence electrons. The van der Waals surface area contributed by atoms with Crippen molar-refractivity contribution in [2.24, 2.45) is 0 Å². The van der Waals surface area contributed by atoms with Crippen molar-refractivity contribution in [1.82, 2.24) is 18.8 Å². The van der Waals surface area contributed by atoms with Crippen LogP contribution < -0.4 is 4.72 Å². The molecule has 3 rings (SSSR count). The van der Waals surface area contributed by atoms with Gasteiger partial charge in [0.05, 0.1) is 6.61 Å². The van der Waals surface area contributed by atoms with E-state index in [0.717, 1.165) is 25.2 Å². The predicted molar refractivity (Wildman–Crippen MR) is 107 cm³/mol. The number of piperazine rings is 1. The number of ether oxygens (including phenoxy) is 1. The minimum Gasteiger partial charge on any atom is -0.450 e. The Balaban J connectivity index is 1.55. The molecule has 28 heavy (non-hydrogen) atoms. The number of rotatable bonds is 7. The molecule has 8 nitrogen and oxygen atoms in total. The Morgan fingerprint density at radius 2 is 1.68 bits per heavy atom. The molecule has 0 unspecified atom stereocenters. The van der Waals surface area contributed by atoms with Crippen molar-refractivity contribution in [3.63, 3.8) is 0 Å². The zero-order chi connectivity index (χ0) is 20.0. The van der Waals surface area contributed by atoms with Gasteiger partial charge in [0.15, 0.2) is 0 Å². The van der Waals surface area contributed by atoms with E-state index in [-0.39, 0.29) is 25.7 Å². The van der Waals surface area contributed by atoms with Gasteiger partial charge >= 0.3 is 6.09 Å². The number of nitrogens with zero attached hydrogens (tertiary/aromatic N) is 3. The maximum absolute atomic E-state index is 12.7. The summed E-state index contributed by atoms with van der Waals surface area (Å²) in [6.07, 6.45) is 2.07. The molecule has 9 heteroatoms. The van der Waals surface area contributed by atoms with Crippen molar-refractivity contribution in [3.8, 4) is 0 Å². The summed E-state index contributed by atoms with van der Waals surface area (Å²) >= 11 is 0. The predicted octanol–water partition coefficient (Wildman–Crippen LogP) is 1.39. The van der Waals surface area contributed by atoms with Crippen LogP contribution in [-0.4, -0.2) is 74.5 Å². The first-order valence-electron chi connectivity index (χ1n) is 9.95. The summed E-state index contributed by atoms with van der Waals surface area (Å²) in [6.45, 7) is 6.61. The Kier molecular flexibility index (Phi) is 7.28. The first-order chi connectivity index (χ1) is 13.5. The highest BCUT2D eigenvalue weighted by atomic mass is 32.2. The van der Waals surface area contributed by atoms with E-state index in [1.807, 2.05) is 18.2 Å². The van der Waals surface area contributed by atoms with E-state index in [1.165, 1.54) is 22.7 Å². The molecule has 1 aromatic rings. The van der Waals surface area contributed by atoms with Crippen molar-refractivity contribution in [1.29, 1.82) is 0 Å². The normalized spacial score (nSPS) is 19.1. The van der Waals surface area contributed by atoms with Crippen LogP contribution in [0.5, 0.6) is 0 Å². The number of carbonyl (C=O) groups excluding carboxylic acids is 1. The minimum absolute atomic E-state index is 0.267. The highest BCUT2D eigenvalue weighted by Gasteiger charge is 2.29. The summed E-state index contributed by atoms with van der Waals surface area (Å²) in [6, 6.07) is 7.99. The molecule has 2 heterocycles. The van der Waals surface area contributed by atoms with E-state index in [1.54, 1.807) is 11.8 Å². The summed E-state index contributed by atoms with van der Waals surface area (Å²) in [4.78, 5) is 15.7. The highest BCUT2D eigenvalue weighted by molar-refractivity contribution is 7.87. The van der Waals surface area contributed by atoms with E-state index in [2.05, 4.69) is 15.7 Å². The van der Waals surface area contributed by atoms with Crippen LogP contribution in [0, 0.1) is 0 Å². The third-order valence-electron chi connectivity index (χ3n) is 5.26. The molecule has 2 aliphatic heterocycles. The van der Waals surface area contributed by atoms with E-state index in [0.29, 0.717) is 19.7 Å². The van der Waals surface area contributed by atoms with Gasteiger partial charge in [0, 0.05) is 39.3 Å². The van der Waals surface area contributed by atoms with Gasteiger partial charge in [0.25, 0.3) is 10.2 Å². The molecule has 1 aromatic carbocycles. The SMILES string of the molecule is CCOC(=O)N1CCN(S(=O)(=O)NCc2ccccc2CN2CCCC2)CC1. The second-order valence-corrected chi connectivity index (χ2v) is 8.92. The van der Waals surface area contributed by atoms with Crippen LogP contribution in [0.3, 0.4) is 0 Å². The Bertz CT molecular complexity index is 757. The van der Waals surface area contributed by atoms with Crippen molar-refractivity contribution >= 4 is 16.3 Å². The molecule has 1 amide bonds. The van der Waals surface area contributed by atoms with Crippen LogP contribution in [0.1, 0.15) is 30.9 Å². The average Bonchev–Trinajstić information content (AvgIpc) is 3.21. The fraction of sp³-hybridized carbons (Fsp3) is 0.632. The third kappa shape index (κ3) is 5.44. The third-order valence-corrected chi connectivity index (χ3v) is 6.81. The van der Waals surface area contributed by atoms with Crippen LogP contribution in [0.25, 0.3) is 0 Å². The lowest BCUT2D eigenvalue weighted by atomic mass is 10.1. The lowest BCUT2D eigenvalue weighted by molar-refractivity contribution is 0.0932. The van der Waals surface area contributed by atoms with E-state index < -0.39 is 10.2 Å². The van der Waals surface area contributed by atoms with Gasteiger partial charge in [-0.1, -0.05) is 24.3 Å². The number of hydrogen-bond acceptors (Lipinski definition) is 5. The molecule has 0 atom stereocenters. The highest BCUT2D eigenvalue weighted by Crippen LogP contribution is 2.17. The van der Waals surface area contributed by atoms with Gasteiger partial charge in [-0.15, -0.1) is 0 Å². The molecule has 0 saturated carbocycles. The average molecular weight is 411 g/mol. The maximum atomic E-state index is 12.7. The van der Waals surface area contributed by atoms with Crippen molar-refractivity contribution < 1.29 is 17.9 Å². The monoisotopic (exact) mass is 410 g/mol. The van der Waals surface area contributed by atoms with Gasteiger partial charge in [-0.25, -0.2) is 4.79 Å². The fourth-order valence-corrected chi connectivity index (χ4v) is 4.82. The van der Waals surface area contributed by atoms with Crippen LogP contribution in [0.15, 0.2) is 24.3 Å². The molecular weight excluding hydrogens is 380 g/mol. The number of carbonyl (C=O) groups is 1. The molecule has 1 N–H and O–H groups in total. The second-order valence-electron chi connectivity index (χ2n) is 7.16. The smallest absolute Gasteiger partial charge is 0.409 e. The Morgan fingerprint density at radius 3 is 2.32 bits per heavy atom. The zero-order valence-electron chi connectivity index (χ0n) is 16.5. The summed E-state index contributed by atoms with van der Waals surface area (Å²) in [5.74, 6) is 0. The topological polar surface area (TPSA) is 82.2 Å². The van der Waals surface area contributed by atoms with Gasteiger partial charge in [0.1, 0.15) is 0 Å². The molecule has 0 spiro atoms. The molecule has 2 saturated heterocycles. The first-order valence-corrected chi connectivity index (χ1v) is 11.4. The van der Waals surface area contributed by atoms with Gasteiger partial charge < -0.3 is 9.64 Å². The van der Waals surface area contributed by atoms with Crippen LogP contribution >= 0.6 is 0 Å². The largest absolute Gasteiger partial charge is 0.450 e. The number of likely N-dealkylation sites (tertiary alicyclic amines) is 1. The van der Waals surface area contributed by atoms with Crippen molar-refractivity contribution in [2.75, 3.05) is 45.9 Å². The Labute approximate surface area is 167 Å². The zero-order valence-corrected chi connectivity index (χ0v) is 17.3. The first kappa shape index (κ1) is 21.0. The number of amides is 1. The molecule has 2 aliphatic rings. The van der Waals surface area contributed by atoms with Gasteiger partial charge in [-0.2, -0.15) is 17.4 Å².